The fourth-order valence-electron chi connectivity index (χ4n) is 2.40. The number of aromatic nitrogens is 2. The zero-order valence-corrected chi connectivity index (χ0v) is 11.2. The summed E-state index contributed by atoms with van der Waals surface area (Å²) >= 11 is 0. The second-order valence-corrected chi connectivity index (χ2v) is 5.03. The lowest BCUT2D eigenvalue weighted by Crippen LogP contribution is -2.11. The Balaban J connectivity index is 2.05. The smallest absolute Gasteiger partial charge is 0.218 e. The van der Waals surface area contributed by atoms with E-state index in [0.29, 0.717) is 24.2 Å². The van der Waals surface area contributed by atoms with E-state index in [4.69, 9.17) is 10.5 Å². The highest BCUT2D eigenvalue weighted by Gasteiger charge is 2.19. The van der Waals surface area contributed by atoms with Crippen molar-refractivity contribution < 1.29 is 4.74 Å². The summed E-state index contributed by atoms with van der Waals surface area (Å²) in [7, 11) is 0. The third-order valence-electron chi connectivity index (χ3n) is 3.46. The fraction of sp³-hybridized carbons (Fsp3) is 0.714. The monoisotopic (exact) mass is 249 g/mol. The standard InChI is InChI=1S/C14H23N3O/c1-2-3-9-18-13-10-12(15)16-14(17-13)11-7-5-4-6-8-11/h10-11H,2-9H2,1H3,(H2,15,16,17). The van der Waals surface area contributed by atoms with Crippen LogP contribution in [0.1, 0.15) is 63.6 Å². The Morgan fingerprint density at radius 3 is 2.78 bits per heavy atom. The molecule has 0 amide bonds. The van der Waals surface area contributed by atoms with Gasteiger partial charge in [-0.25, -0.2) is 4.98 Å². The van der Waals surface area contributed by atoms with E-state index in [1.54, 1.807) is 6.07 Å². The van der Waals surface area contributed by atoms with Crippen LogP contribution in [0.3, 0.4) is 0 Å². The zero-order chi connectivity index (χ0) is 12.8. The van der Waals surface area contributed by atoms with Crippen molar-refractivity contribution >= 4 is 5.82 Å². The highest BCUT2D eigenvalue weighted by molar-refractivity contribution is 5.33. The van der Waals surface area contributed by atoms with Crippen LogP contribution < -0.4 is 10.5 Å². The minimum atomic E-state index is 0.468. The summed E-state index contributed by atoms with van der Waals surface area (Å²) in [6.07, 6.45) is 8.40. The molecule has 1 heterocycles. The molecule has 0 aliphatic heterocycles. The molecule has 1 saturated carbocycles. The maximum absolute atomic E-state index is 5.84. The first-order valence-electron chi connectivity index (χ1n) is 7.07. The van der Waals surface area contributed by atoms with Crippen LogP contribution >= 0.6 is 0 Å². The Labute approximate surface area is 109 Å². The minimum absolute atomic E-state index is 0.468. The first-order chi connectivity index (χ1) is 8.79. The largest absolute Gasteiger partial charge is 0.478 e. The lowest BCUT2D eigenvalue weighted by atomic mass is 9.89. The van der Waals surface area contributed by atoms with Crippen LogP contribution in [0.4, 0.5) is 5.82 Å². The number of nitrogen functional groups attached to an aromatic ring is 1. The van der Waals surface area contributed by atoms with Crippen molar-refractivity contribution in [1.29, 1.82) is 0 Å². The molecule has 1 aromatic heterocycles. The summed E-state index contributed by atoms with van der Waals surface area (Å²) in [5.74, 6) is 2.51. The van der Waals surface area contributed by atoms with Gasteiger partial charge in [-0.1, -0.05) is 32.6 Å². The molecule has 1 fully saturated rings. The number of ether oxygens (including phenoxy) is 1. The van der Waals surface area contributed by atoms with E-state index in [9.17, 15) is 0 Å². The van der Waals surface area contributed by atoms with Gasteiger partial charge in [-0.05, 0) is 19.3 Å². The van der Waals surface area contributed by atoms with Gasteiger partial charge in [0.2, 0.25) is 5.88 Å². The maximum atomic E-state index is 5.84. The van der Waals surface area contributed by atoms with Crippen LogP contribution in [0.2, 0.25) is 0 Å². The van der Waals surface area contributed by atoms with Crippen molar-refractivity contribution in [3.8, 4) is 5.88 Å². The molecule has 0 spiro atoms. The number of unbranched alkanes of at least 4 members (excludes halogenated alkanes) is 1. The number of hydrogen-bond acceptors (Lipinski definition) is 4. The number of nitrogens with zero attached hydrogens (tertiary/aromatic N) is 2. The second kappa shape index (κ2) is 6.57. The Kier molecular flexibility index (Phi) is 4.79. The van der Waals surface area contributed by atoms with E-state index in [1.807, 2.05) is 0 Å². The zero-order valence-electron chi connectivity index (χ0n) is 11.2. The third kappa shape index (κ3) is 3.59. The van der Waals surface area contributed by atoms with Gasteiger partial charge in [0.05, 0.1) is 6.61 Å². The predicted octanol–water partition coefficient (Wildman–Crippen LogP) is 3.29. The van der Waals surface area contributed by atoms with Crippen molar-refractivity contribution in [2.24, 2.45) is 0 Å². The van der Waals surface area contributed by atoms with Crippen LogP contribution in [-0.2, 0) is 0 Å². The first-order valence-corrected chi connectivity index (χ1v) is 7.07. The molecule has 1 aromatic rings. The van der Waals surface area contributed by atoms with E-state index in [-0.39, 0.29) is 0 Å². The van der Waals surface area contributed by atoms with Gasteiger partial charge >= 0.3 is 0 Å². The van der Waals surface area contributed by atoms with Gasteiger partial charge in [0.1, 0.15) is 11.6 Å². The lowest BCUT2D eigenvalue weighted by molar-refractivity contribution is 0.294. The molecule has 4 heteroatoms. The van der Waals surface area contributed by atoms with Crippen LogP contribution in [0.15, 0.2) is 6.07 Å². The molecule has 0 unspecified atom stereocenters. The first kappa shape index (κ1) is 13.1. The molecule has 1 aliphatic carbocycles. The molecule has 18 heavy (non-hydrogen) atoms. The summed E-state index contributed by atoms with van der Waals surface area (Å²) < 4.78 is 5.63. The van der Waals surface area contributed by atoms with Crippen LogP contribution in [0.25, 0.3) is 0 Å². The molecule has 0 radical (unpaired) electrons. The summed E-state index contributed by atoms with van der Waals surface area (Å²) in [6, 6.07) is 1.72. The minimum Gasteiger partial charge on any atom is -0.478 e. The second-order valence-electron chi connectivity index (χ2n) is 5.03. The van der Waals surface area contributed by atoms with E-state index in [1.165, 1.54) is 32.1 Å². The highest BCUT2D eigenvalue weighted by atomic mass is 16.5. The van der Waals surface area contributed by atoms with Gasteiger partial charge in [-0.15, -0.1) is 0 Å². The molecule has 0 bridgehead atoms. The summed E-state index contributed by atoms with van der Waals surface area (Å²) in [5, 5.41) is 0. The summed E-state index contributed by atoms with van der Waals surface area (Å²) in [5.41, 5.74) is 5.84. The maximum Gasteiger partial charge on any atom is 0.218 e. The van der Waals surface area contributed by atoms with Gasteiger partial charge in [0, 0.05) is 12.0 Å². The van der Waals surface area contributed by atoms with Gasteiger partial charge in [0.25, 0.3) is 0 Å². The van der Waals surface area contributed by atoms with Crippen LogP contribution in [-0.4, -0.2) is 16.6 Å². The van der Waals surface area contributed by atoms with E-state index >= 15 is 0 Å². The van der Waals surface area contributed by atoms with E-state index in [0.717, 1.165) is 18.7 Å². The third-order valence-corrected chi connectivity index (χ3v) is 3.46. The normalized spacial score (nSPS) is 16.7. The lowest BCUT2D eigenvalue weighted by Gasteiger charge is -2.20. The highest BCUT2D eigenvalue weighted by Crippen LogP contribution is 2.31. The van der Waals surface area contributed by atoms with Crippen molar-refractivity contribution in [3.63, 3.8) is 0 Å². The van der Waals surface area contributed by atoms with Crippen molar-refractivity contribution in [2.45, 2.75) is 57.8 Å². The molecular formula is C14H23N3O. The molecule has 4 nitrogen and oxygen atoms in total. The molecule has 2 N–H and O–H groups in total. The van der Waals surface area contributed by atoms with Gasteiger partial charge in [-0.3, -0.25) is 0 Å². The fourth-order valence-corrected chi connectivity index (χ4v) is 2.40. The van der Waals surface area contributed by atoms with Crippen molar-refractivity contribution in [2.75, 3.05) is 12.3 Å². The number of nitrogens with two attached hydrogens (primary N) is 1. The summed E-state index contributed by atoms with van der Waals surface area (Å²) in [6.45, 7) is 2.85. The Morgan fingerprint density at radius 1 is 1.28 bits per heavy atom. The Bertz CT molecular complexity index is 375. The van der Waals surface area contributed by atoms with E-state index < -0.39 is 0 Å². The Morgan fingerprint density at radius 2 is 2.06 bits per heavy atom. The van der Waals surface area contributed by atoms with E-state index in [2.05, 4.69) is 16.9 Å². The van der Waals surface area contributed by atoms with Gasteiger partial charge in [0.15, 0.2) is 0 Å². The molecule has 1 aliphatic rings. The van der Waals surface area contributed by atoms with Crippen LogP contribution in [0, 0.1) is 0 Å². The summed E-state index contributed by atoms with van der Waals surface area (Å²) in [4.78, 5) is 8.89. The van der Waals surface area contributed by atoms with Crippen molar-refractivity contribution in [1.82, 2.24) is 9.97 Å². The molecular weight excluding hydrogens is 226 g/mol. The molecule has 0 aromatic carbocycles. The SMILES string of the molecule is CCCCOc1cc(N)nc(C2CCCCC2)n1. The topological polar surface area (TPSA) is 61.0 Å². The number of anilines is 1. The quantitative estimate of drug-likeness (QED) is 0.813. The average Bonchev–Trinajstić information content (AvgIpc) is 2.39. The van der Waals surface area contributed by atoms with Crippen LogP contribution in [0.5, 0.6) is 5.88 Å². The number of hydrogen-bond donors (Lipinski definition) is 1. The molecule has 2 rings (SSSR count). The average molecular weight is 249 g/mol. The number of rotatable bonds is 5. The molecule has 0 atom stereocenters. The predicted molar refractivity (Wildman–Crippen MR) is 72.7 cm³/mol. The molecule has 0 saturated heterocycles. The van der Waals surface area contributed by atoms with Gasteiger partial charge in [-0.2, -0.15) is 4.98 Å². The molecule has 100 valence electrons. The van der Waals surface area contributed by atoms with Crippen molar-refractivity contribution in [3.05, 3.63) is 11.9 Å². The van der Waals surface area contributed by atoms with Gasteiger partial charge < -0.3 is 10.5 Å². The Hall–Kier alpha value is -1.32.